The average Bonchev–Trinajstić information content (AvgIpc) is 2.27. The molecule has 0 aliphatic carbocycles. The van der Waals surface area contributed by atoms with Gasteiger partial charge in [-0.05, 0) is 12.1 Å². The summed E-state index contributed by atoms with van der Waals surface area (Å²) in [5.74, 6) is 0. The third-order valence-corrected chi connectivity index (χ3v) is 3.18. The Bertz CT molecular complexity index is 598. The summed E-state index contributed by atoms with van der Waals surface area (Å²) in [4.78, 5) is 9.56. The lowest BCUT2D eigenvalue weighted by Crippen LogP contribution is -1.99. The molecule has 16 heavy (non-hydrogen) atoms. The lowest BCUT2D eigenvalue weighted by molar-refractivity contribution is -0.385. The molecule has 1 aromatic carbocycles. The third-order valence-electron chi connectivity index (χ3n) is 1.83. The molecule has 0 aromatic heterocycles. The molecule has 0 heterocycles. The molecule has 0 unspecified atom stereocenters. The number of rotatable bonds is 3. The fourth-order valence-corrected chi connectivity index (χ4v) is 1.77. The van der Waals surface area contributed by atoms with Crippen LogP contribution in [0, 0.1) is 21.4 Å². The van der Waals surface area contributed by atoms with Crippen LogP contribution >= 0.6 is 0 Å². The number of sulfone groups is 1. The van der Waals surface area contributed by atoms with Crippen LogP contribution in [0.1, 0.15) is 5.56 Å². The molecule has 1 aromatic rings. The zero-order chi connectivity index (χ0) is 12.3. The van der Waals surface area contributed by atoms with Gasteiger partial charge in [-0.15, -0.1) is 0 Å². The fraction of sp³-hybridized carbons (Fsp3) is 0. The molecule has 0 spiro atoms. The standard InChI is InChI=1S/C9H6N2O4S/c1-2-16(14,15)8-3-4-9(11(12)13)7(5-8)6-10/h2-5H,1H2. The first-order valence-corrected chi connectivity index (χ1v) is 5.53. The second-order valence-corrected chi connectivity index (χ2v) is 4.65. The van der Waals surface area contributed by atoms with Crippen LogP contribution in [0.25, 0.3) is 0 Å². The van der Waals surface area contributed by atoms with Crippen molar-refractivity contribution in [2.75, 3.05) is 0 Å². The molecule has 0 aliphatic rings. The summed E-state index contributed by atoms with van der Waals surface area (Å²) in [6, 6.07) is 4.57. The lowest BCUT2D eigenvalue weighted by Gasteiger charge is -1.99. The van der Waals surface area contributed by atoms with E-state index in [9.17, 15) is 18.5 Å². The zero-order valence-electron chi connectivity index (χ0n) is 7.95. The van der Waals surface area contributed by atoms with Gasteiger partial charge in [-0.25, -0.2) is 8.42 Å². The van der Waals surface area contributed by atoms with Crippen molar-refractivity contribution in [3.8, 4) is 6.07 Å². The highest BCUT2D eigenvalue weighted by Crippen LogP contribution is 2.22. The Morgan fingerprint density at radius 1 is 1.50 bits per heavy atom. The summed E-state index contributed by atoms with van der Waals surface area (Å²) in [6.07, 6.45) is 0. The molecule has 0 radical (unpaired) electrons. The lowest BCUT2D eigenvalue weighted by atomic mass is 10.2. The van der Waals surface area contributed by atoms with Gasteiger partial charge in [0.15, 0.2) is 9.84 Å². The highest BCUT2D eigenvalue weighted by Gasteiger charge is 2.18. The maximum absolute atomic E-state index is 11.4. The van der Waals surface area contributed by atoms with Crippen LogP contribution in [0.15, 0.2) is 35.1 Å². The van der Waals surface area contributed by atoms with Gasteiger partial charge in [-0.2, -0.15) is 5.26 Å². The molecule has 82 valence electrons. The Labute approximate surface area is 91.5 Å². The van der Waals surface area contributed by atoms with Crippen molar-refractivity contribution >= 4 is 15.5 Å². The van der Waals surface area contributed by atoms with E-state index in [0.717, 1.165) is 23.6 Å². The smallest absolute Gasteiger partial charge is 0.258 e. The largest absolute Gasteiger partial charge is 0.287 e. The van der Waals surface area contributed by atoms with Gasteiger partial charge in [0.25, 0.3) is 5.69 Å². The van der Waals surface area contributed by atoms with Crippen molar-refractivity contribution in [1.29, 1.82) is 5.26 Å². The SMILES string of the molecule is C=CS(=O)(=O)c1ccc([N+](=O)[O-])c(C#N)c1. The number of nitriles is 1. The predicted octanol–water partition coefficient (Wildman–Crippen LogP) is 1.38. The van der Waals surface area contributed by atoms with Crippen molar-refractivity contribution in [1.82, 2.24) is 0 Å². The monoisotopic (exact) mass is 238 g/mol. The summed E-state index contributed by atoms with van der Waals surface area (Å²) in [7, 11) is -3.68. The zero-order valence-corrected chi connectivity index (χ0v) is 8.77. The van der Waals surface area contributed by atoms with Gasteiger partial charge in [0.1, 0.15) is 11.6 Å². The molecular formula is C9H6N2O4S. The van der Waals surface area contributed by atoms with Crippen LogP contribution in [0.5, 0.6) is 0 Å². The van der Waals surface area contributed by atoms with Crippen molar-refractivity contribution in [3.63, 3.8) is 0 Å². The van der Waals surface area contributed by atoms with Gasteiger partial charge in [0.05, 0.1) is 9.82 Å². The van der Waals surface area contributed by atoms with Crippen LogP contribution in [0.3, 0.4) is 0 Å². The molecule has 0 aliphatic heterocycles. The fourth-order valence-electron chi connectivity index (χ4n) is 1.04. The van der Waals surface area contributed by atoms with E-state index < -0.39 is 20.4 Å². The maximum atomic E-state index is 11.4. The molecule has 0 fully saturated rings. The first kappa shape index (κ1) is 11.9. The van der Waals surface area contributed by atoms with Crippen LogP contribution < -0.4 is 0 Å². The molecule has 6 nitrogen and oxygen atoms in total. The number of nitro groups is 1. The minimum Gasteiger partial charge on any atom is -0.258 e. The Hall–Kier alpha value is -2.20. The average molecular weight is 238 g/mol. The Morgan fingerprint density at radius 2 is 2.12 bits per heavy atom. The van der Waals surface area contributed by atoms with Crippen LogP contribution in [0.2, 0.25) is 0 Å². The Morgan fingerprint density at radius 3 is 2.56 bits per heavy atom. The molecular weight excluding hydrogens is 232 g/mol. The van der Waals surface area contributed by atoms with Gasteiger partial charge >= 0.3 is 0 Å². The molecule has 0 amide bonds. The highest BCUT2D eigenvalue weighted by atomic mass is 32.2. The first-order valence-electron chi connectivity index (χ1n) is 3.98. The molecule has 0 saturated carbocycles. The van der Waals surface area contributed by atoms with E-state index in [0.29, 0.717) is 0 Å². The summed E-state index contributed by atoms with van der Waals surface area (Å²) in [6.45, 7) is 3.12. The number of nitro benzene ring substituents is 1. The summed E-state index contributed by atoms with van der Waals surface area (Å²) in [5, 5.41) is 19.9. The predicted molar refractivity (Wildman–Crippen MR) is 55.2 cm³/mol. The molecule has 7 heteroatoms. The summed E-state index contributed by atoms with van der Waals surface area (Å²) < 4.78 is 22.7. The second-order valence-electron chi connectivity index (χ2n) is 2.76. The van der Waals surface area contributed by atoms with Crippen molar-refractivity contribution in [2.45, 2.75) is 4.90 Å². The van der Waals surface area contributed by atoms with Crippen LogP contribution in [0.4, 0.5) is 5.69 Å². The van der Waals surface area contributed by atoms with Gasteiger partial charge in [-0.1, -0.05) is 6.58 Å². The van der Waals surface area contributed by atoms with Gasteiger partial charge < -0.3 is 0 Å². The van der Waals surface area contributed by atoms with E-state index in [1.165, 1.54) is 0 Å². The van der Waals surface area contributed by atoms with E-state index in [1.54, 1.807) is 6.07 Å². The van der Waals surface area contributed by atoms with Crippen LogP contribution in [-0.2, 0) is 9.84 Å². The van der Waals surface area contributed by atoms with Crippen molar-refractivity contribution in [3.05, 3.63) is 45.9 Å². The maximum Gasteiger partial charge on any atom is 0.287 e. The number of hydrogen-bond acceptors (Lipinski definition) is 5. The van der Waals surface area contributed by atoms with Gasteiger partial charge in [0.2, 0.25) is 0 Å². The van der Waals surface area contributed by atoms with E-state index in [1.807, 2.05) is 0 Å². The molecule has 0 bridgehead atoms. The minimum atomic E-state index is -3.68. The minimum absolute atomic E-state index is 0.190. The normalized spacial score (nSPS) is 10.4. The number of hydrogen-bond donors (Lipinski definition) is 0. The van der Waals surface area contributed by atoms with E-state index in [4.69, 9.17) is 5.26 Å². The first-order chi connectivity index (χ1) is 7.42. The topological polar surface area (TPSA) is 101 Å². The number of benzene rings is 1. The Balaban J connectivity index is 3.49. The molecule has 0 N–H and O–H groups in total. The van der Waals surface area contributed by atoms with Gasteiger partial charge in [0, 0.05) is 11.5 Å². The molecule has 0 saturated heterocycles. The van der Waals surface area contributed by atoms with E-state index in [-0.39, 0.29) is 10.5 Å². The van der Waals surface area contributed by atoms with E-state index >= 15 is 0 Å². The highest BCUT2D eigenvalue weighted by molar-refractivity contribution is 7.94. The third kappa shape index (κ3) is 2.07. The Kier molecular flexibility index (Phi) is 3.06. The van der Waals surface area contributed by atoms with Crippen molar-refractivity contribution < 1.29 is 13.3 Å². The quantitative estimate of drug-likeness (QED) is 0.584. The van der Waals surface area contributed by atoms with Crippen LogP contribution in [-0.4, -0.2) is 13.3 Å². The summed E-state index contributed by atoms with van der Waals surface area (Å²) in [5.41, 5.74) is -0.724. The van der Waals surface area contributed by atoms with Crippen molar-refractivity contribution in [2.24, 2.45) is 0 Å². The summed E-state index contributed by atoms with van der Waals surface area (Å²) >= 11 is 0. The molecule has 0 atom stereocenters. The second kappa shape index (κ2) is 4.12. The van der Waals surface area contributed by atoms with Gasteiger partial charge in [-0.3, -0.25) is 10.1 Å². The number of nitrogens with zero attached hydrogens (tertiary/aromatic N) is 2. The van der Waals surface area contributed by atoms with E-state index in [2.05, 4.69) is 6.58 Å². The molecule has 1 rings (SSSR count).